The molecule has 1 N–H and O–H groups in total. The van der Waals surface area contributed by atoms with Crippen molar-refractivity contribution in [3.8, 4) is 0 Å². The van der Waals surface area contributed by atoms with Gasteiger partial charge in [0, 0.05) is 16.6 Å². The molecule has 1 aromatic heterocycles. The van der Waals surface area contributed by atoms with Gasteiger partial charge in [-0.25, -0.2) is 0 Å². The molecular formula is C11H9NO2S. The van der Waals surface area contributed by atoms with Gasteiger partial charge in [0.2, 0.25) is 0 Å². The Hall–Kier alpha value is -1.68. The maximum Gasteiger partial charge on any atom is 0.304 e. The first-order chi connectivity index (χ1) is 7.25. The van der Waals surface area contributed by atoms with Crippen LogP contribution in [0.5, 0.6) is 0 Å². The number of ketones is 1. The average molecular weight is 219 g/mol. The third-order valence-corrected chi connectivity index (χ3v) is 2.74. The summed E-state index contributed by atoms with van der Waals surface area (Å²) >= 11 is 1.08. The minimum absolute atomic E-state index is 0.0182. The zero-order valence-corrected chi connectivity index (χ0v) is 8.71. The van der Waals surface area contributed by atoms with Crippen LogP contribution < -0.4 is 4.87 Å². The molecule has 2 aromatic rings. The molecule has 15 heavy (non-hydrogen) atoms. The molecule has 0 fully saturated rings. The van der Waals surface area contributed by atoms with Gasteiger partial charge in [0.25, 0.3) is 0 Å². The Morgan fingerprint density at radius 2 is 2.00 bits per heavy atom. The van der Waals surface area contributed by atoms with E-state index in [2.05, 4.69) is 4.98 Å². The fourth-order valence-corrected chi connectivity index (χ4v) is 1.88. The van der Waals surface area contributed by atoms with Gasteiger partial charge in [-0.3, -0.25) is 9.59 Å². The Morgan fingerprint density at radius 1 is 1.27 bits per heavy atom. The van der Waals surface area contributed by atoms with E-state index < -0.39 is 0 Å². The number of hydrogen-bond donors (Lipinski definition) is 1. The number of rotatable bonds is 3. The van der Waals surface area contributed by atoms with Crippen molar-refractivity contribution >= 4 is 17.1 Å². The fraction of sp³-hybridized carbons (Fsp3) is 0.0909. The molecule has 0 aliphatic rings. The molecule has 0 unspecified atom stereocenters. The summed E-state index contributed by atoms with van der Waals surface area (Å²) in [4.78, 5) is 25.1. The second-order valence-electron chi connectivity index (χ2n) is 3.14. The smallest absolute Gasteiger partial charge is 0.304 e. The summed E-state index contributed by atoms with van der Waals surface area (Å²) in [5, 5.41) is 1.68. The second-order valence-corrected chi connectivity index (χ2v) is 3.98. The summed E-state index contributed by atoms with van der Waals surface area (Å²) in [7, 11) is 0. The quantitative estimate of drug-likeness (QED) is 0.801. The van der Waals surface area contributed by atoms with Crippen molar-refractivity contribution in [3.05, 3.63) is 56.6 Å². The highest BCUT2D eigenvalue weighted by Gasteiger charge is 2.07. The third-order valence-electron chi connectivity index (χ3n) is 2.02. The molecule has 0 aliphatic carbocycles. The Morgan fingerprint density at radius 3 is 2.60 bits per heavy atom. The molecule has 76 valence electrons. The third kappa shape index (κ3) is 2.41. The summed E-state index contributed by atoms with van der Waals surface area (Å²) in [6.45, 7) is 0. The molecule has 1 heterocycles. The van der Waals surface area contributed by atoms with Crippen molar-refractivity contribution in [3.63, 3.8) is 0 Å². The predicted octanol–water partition coefficient (Wildman–Crippen LogP) is 1.86. The lowest BCUT2D eigenvalue weighted by atomic mass is 10.1. The van der Waals surface area contributed by atoms with Crippen molar-refractivity contribution in [1.82, 2.24) is 4.98 Å². The molecule has 4 heteroatoms. The van der Waals surface area contributed by atoms with Crippen LogP contribution >= 0.6 is 11.3 Å². The summed E-state index contributed by atoms with van der Waals surface area (Å²) in [6, 6.07) is 9.05. The highest BCUT2D eigenvalue weighted by Crippen LogP contribution is 2.05. The topological polar surface area (TPSA) is 49.9 Å². The Labute approximate surface area is 90.4 Å². The van der Waals surface area contributed by atoms with E-state index in [1.807, 2.05) is 18.2 Å². The molecule has 0 amide bonds. The Kier molecular flexibility index (Phi) is 2.78. The summed E-state index contributed by atoms with van der Waals surface area (Å²) < 4.78 is 0. The molecule has 0 aliphatic heterocycles. The van der Waals surface area contributed by atoms with Gasteiger partial charge in [0.05, 0.1) is 6.42 Å². The molecule has 2 rings (SSSR count). The lowest BCUT2D eigenvalue weighted by molar-refractivity contribution is 0.0992. The number of aromatic nitrogens is 1. The molecule has 1 aromatic carbocycles. The second kappa shape index (κ2) is 4.23. The highest BCUT2D eigenvalue weighted by molar-refractivity contribution is 7.07. The number of Topliss-reactive ketones (excluding diaryl/α,β-unsaturated/α-hetero) is 1. The first-order valence-electron chi connectivity index (χ1n) is 4.50. The van der Waals surface area contributed by atoms with Crippen LogP contribution in [0.15, 0.2) is 40.5 Å². The van der Waals surface area contributed by atoms with Crippen molar-refractivity contribution < 1.29 is 4.79 Å². The number of thiazole rings is 1. The van der Waals surface area contributed by atoms with Gasteiger partial charge in [0.15, 0.2) is 5.78 Å². The van der Waals surface area contributed by atoms with E-state index >= 15 is 0 Å². The van der Waals surface area contributed by atoms with Crippen LogP contribution in [0, 0.1) is 0 Å². The van der Waals surface area contributed by atoms with Crippen molar-refractivity contribution in [2.75, 3.05) is 0 Å². The van der Waals surface area contributed by atoms with Gasteiger partial charge in [-0.15, -0.1) is 0 Å². The average Bonchev–Trinajstić information content (AvgIpc) is 2.65. The first-order valence-corrected chi connectivity index (χ1v) is 5.38. The molecule has 0 saturated carbocycles. The van der Waals surface area contributed by atoms with Crippen LogP contribution in [0.25, 0.3) is 0 Å². The van der Waals surface area contributed by atoms with E-state index in [9.17, 15) is 9.59 Å². The van der Waals surface area contributed by atoms with Crippen LogP contribution in [0.1, 0.15) is 16.1 Å². The molecule has 0 saturated heterocycles. The van der Waals surface area contributed by atoms with Crippen LogP contribution in [-0.2, 0) is 6.42 Å². The lowest BCUT2D eigenvalue weighted by Gasteiger charge is -1.97. The number of carbonyl (C=O) groups is 1. The van der Waals surface area contributed by atoms with Gasteiger partial charge >= 0.3 is 4.87 Å². The SMILES string of the molecule is O=C(Cc1csc(=O)[nH]1)c1ccccc1. The number of benzene rings is 1. The van der Waals surface area contributed by atoms with Crippen molar-refractivity contribution in [1.29, 1.82) is 0 Å². The zero-order valence-electron chi connectivity index (χ0n) is 7.90. The van der Waals surface area contributed by atoms with Crippen LogP contribution in [-0.4, -0.2) is 10.8 Å². The minimum Gasteiger partial charge on any atom is -0.316 e. The van der Waals surface area contributed by atoms with Gasteiger partial charge in [-0.2, -0.15) is 0 Å². The summed E-state index contributed by atoms with van der Waals surface area (Å²) in [5.41, 5.74) is 1.35. The van der Waals surface area contributed by atoms with Crippen LogP contribution in [0.3, 0.4) is 0 Å². The van der Waals surface area contributed by atoms with Gasteiger partial charge in [-0.05, 0) is 0 Å². The van der Waals surface area contributed by atoms with E-state index in [1.54, 1.807) is 17.5 Å². The van der Waals surface area contributed by atoms with E-state index in [-0.39, 0.29) is 17.1 Å². The van der Waals surface area contributed by atoms with Crippen LogP contribution in [0.2, 0.25) is 0 Å². The first kappa shape index (κ1) is 9.86. The van der Waals surface area contributed by atoms with Gasteiger partial charge in [0.1, 0.15) is 0 Å². The van der Waals surface area contributed by atoms with E-state index in [0.29, 0.717) is 11.3 Å². The maximum atomic E-state index is 11.7. The molecule has 0 atom stereocenters. The normalized spacial score (nSPS) is 10.1. The number of nitrogens with one attached hydrogen (secondary N) is 1. The fourth-order valence-electron chi connectivity index (χ4n) is 1.30. The minimum atomic E-state index is -0.120. The number of carbonyl (C=O) groups excluding carboxylic acids is 1. The monoisotopic (exact) mass is 219 g/mol. The van der Waals surface area contributed by atoms with Gasteiger partial charge in [-0.1, -0.05) is 41.7 Å². The number of aromatic amines is 1. The lowest BCUT2D eigenvalue weighted by Crippen LogP contribution is -2.05. The van der Waals surface area contributed by atoms with E-state index in [1.165, 1.54) is 0 Å². The van der Waals surface area contributed by atoms with Crippen molar-refractivity contribution in [2.45, 2.75) is 6.42 Å². The van der Waals surface area contributed by atoms with Crippen molar-refractivity contribution in [2.24, 2.45) is 0 Å². The standard InChI is InChI=1S/C11H9NO2S/c13-10(8-4-2-1-3-5-8)6-9-7-15-11(14)12-9/h1-5,7H,6H2,(H,12,14). The number of hydrogen-bond acceptors (Lipinski definition) is 3. The van der Waals surface area contributed by atoms with E-state index in [0.717, 1.165) is 11.3 Å². The van der Waals surface area contributed by atoms with Crippen LogP contribution in [0.4, 0.5) is 0 Å². The molecular weight excluding hydrogens is 210 g/mol. The zero-order chi connectivity index (χ0) is 10.7. The van der Waals surface area contributed by atoms with Gasteiger partial charge < -0.3 is 4.98 Å². The largest absolute Gasteiger partial charge is 0.316 e. The Balaban J connectivity index is 2.14. The summed E-state index contributed by atoms with van der Waals surface area (Å²) in [6.07, 6.45) is 0.253. The Bertz CT molecular complexity index is 513. The predicted molar refractivity (Wildman–Crippen MR) is 59.4 cm³/mol. The highest BCUT2D eigenvalue weighted by atomic mass is 32.1. The maximum absolute atomic E-state index is 11.7. The molecule has 0 bridgehead atoms. The number of H-pyrrole nitrogens is 1. The molecule has 0 radical (unpaired) electrons. The summed E-state index contributed by atoms with van der Waals surface area (Å²) in [5.74, 6) is 0.0182. The van der Waals surface area contributed by atoms with E-state index in [4.69, 9.17) is 0 Å². The molecule has 0 spiro atoms. The molecule has 3 nitrogen and oxygen atoms in total.